The molecule has 1 fully saturated rings. The van der Waals surface area contributed by atoms with Gasteiger partial charge in [0.1, 0.15) is 0 Å². The van der Waals surface area contributed by atoms with Gasteiger partial charge in [0.25, 0.3) is 0 Å². The molecule has 90 valence electrons. The van der Waals surface area contributed by atoms with Gasteiger partial charge >= 0.3 is 0 Å². The van der Waals surface area contributed by atoms with Crippen LogP contribution in [-0.2, 0) is 0 Å². The van der Waals surface area contributed by atoms with Gasteiger partial charge in [-0.2, -0.15) is 0 Å². The molecule has 0 aromatic rings. The van der Waals surface area contributed by atoms with Gasteiger partial charge in [-0.15, -0.1) is 0 Å². The topological polar surface area (TPSA) is 49.5 Å². The molecule has 0 aromatic carbocycles. The van der Waals surface area contributed by atoms with Crippen molar-refractivity contribution in [1.82, 2.24) is 4.90 Å². The molecule has 0 bridgehead atoms. The minimum atomic E-state index is -0.0937. The number of nitrogens with two attached hydrogens (primary N) is 1. The lowest BCUT2D eigenvalue weighted by molar-refractivity contribution is 0.0311. The van der Waals surface area contributed by atoms with Crippen LogP contribution in [0.3, 0.4) is 0 Å². The Balaban J connectivity index is 2.28. The lowest BCUT2D eigenvalue weighted by atomic mass is 9.88. The van der Waals surface area contributed by atoms with Gasteiger partial charge in [0.2, 0.25) is 0 Å². The van der Waals surface area contributed by atoms with Crippen molar-refractivity contribution in [3.8, 4) is 0 Å². The first-order chi connectivity index (χ1) is 6.94. The van der Waals surface area contributed by atoms with Crippen LogP contribution in [0.2, 0.25) is 0 Å². The Morgan fingerprint density at radius 2 is 2.13 bits per heavy atom. The number of hydrogen-bond donors (Lipinski definition) is 2. The van der Waals surface area contributed by atoms with Gasteiger partial charge in [-0.05, 0) is 37.3 Å². The predicted molar refractivity (Wildman–Crippen MR) is 63.7 cm³/mol. The number of rotatable bonds is 4. The Morgan fingerprint density at radius 1 is 1.47 bits per heavy atom. The molecule has 0 radical (unpaired) electrons. The van der Waals surface area contributed by atoms with Gasteiger partial charge in [-0.1, -0.05) is 20.8 Å². The first-order valence-electron chi connectivity index (χ1n) is 6.05. The van der Waals surface area contributed by atoms with Crippen molar-refractivity contribution in [2.45, 2.75) is 39.7 Å². The fraction of sp³-hybridized carbons (Fsp3) is 1.00. The summed E-state index contributed by atoms with van der Waals surface area (Å²) >= 11 is 0. The highest BCUT2D eigenvalue weighted by Crippen LogP contribution is 2.21. The Bertz CT molecular complexity index is 194. The average Bonchev–Trinajstić information content (AvgIpc) is 2.20. The Morgan fingerprint density at radius 3 is 2.67 bits per heavy atom. The van der Waals surface area contributed by atoms with Crippen LogP contribution in [0.5, 0.6) is 0 Å². The van der Waals surface area contributed by atoms with Gasteiger partial charge in [-0.25, -0.2) is 0 Å². The van der Waals surface area contributed by atoms with Crippen molar-refractivity contribution in [2.75, 3.05) is 26.2 Å². The summed E-state index contributed by atoms with van der Waals surface area (Å²) in [6.45, 7) is 10.5. The van der Waals surface area contributed by atoms with Gasteiger partial charge < -0.3 is 15.7 Å². The molecule has 0 aliphatic carbocycles. The minimum absolute atomic E-state index is 0.0937. The SMILES string of the molecule is CC1CN(CCC(C)(C)CN)CCC1O. The van der Waals surface area contributed by atoms with E-state index in [0.29, 0.717) is 5.92 Å². The smallest absolute Gasteiger partial charge is 0.0590 e. The van der Waals surface area contributed by atoms with Gasteiger partial charge in [-0.3, -0.25) is 0 Å². The van der Waals surface area contributed by atoms with Crippen molar-refractivity contribution < 1.29 is 5.11 Å². The molecular formula is C12H26N2O. The molecule has 15 heavy (non-hydrogen) atoms. The number of likely N-dealkylation sites (tertiary alicyclic amines) is 1. The maximum Gasteiger partial charge on any atom is 0.0590 e. The Labute approximate surface area is 93.6 Å². The van der Waals surface area contributed by atoms with Crippen LogP contribution in [0.25, 0.3) is 0 Å². The zero-order chi connectivity index (χ0) is 11.5. The molecule has 1 aliphatic rings. The minimum Gasteiger partial charge on any atom is -0.393 e. The molecule has 0 saturated carbocycles. The summed E-state index contributed by atoms with van der Waals surface area (Å²) in [5.41, 5.74) is 5.96. The normalized spacial score (nSPS) is 29.4. The van der Waals surface area contributed by atoms with E-state index in [1.807, 2.05) is 0 Å². The second-order valence-corrected chi connectivity index (χ2v) is 5.75. The molecule has 1 heterocycles. The third-order valence-electron chi connectivity index (χ3n) is 3.60. The van der Waals surface area contributed by atoms with Gasteiger partial charge in [0.05, 0.1) is 6.10 Å². The van der Waals surface area contributed by atoms with Crippen LogP contribution in [0.15, 0.2) is 0 Å². The molecule has 1 saturated heterocycles. The third-order valence-corrected chi connectivity index (χ3v) is 3.60. The number of aliphatic hydroxyl groups is 1. The van der Waals surface area contributed by atoms with E-state index in [2.05, 4.69) is 25.7 Å². The maximum atomic E-state index is 9.62. The predicted octanol–water partition coefficient (Wildman–Crippen LogP) is 1.06. The highest BCUT2D eigenvalue weighted by atomic mass is 16.3. The Hall–Kier alpha value is -0.120. The summed E-state index contributed by atoms with van der Waals surface area (Å²) in [5, 5.41) is 9.62. The lowest BCUT2D eigenvalue weighted by Crippen LogP contribution is -2.43. The van der Waals surface area contributed by atoms with Crippen molar-refractivity contribution in [2.24, 2.45) is 17.1 Å². The molecule has 1 rings (SSSR count). The standard InChI is InChI=1S/C12H26N2O/c1-10-8-14(6-4-11(10)15)7-5-12(2,3)9-13/h10-11,15H,4-9,13H2,1-3H3. The van der Waals surface area contributed by atoms with Crippen LogP contribution in [0.1, 0.15) is 33.6 Å². The molecule has 3 nitrogen and oxygen atoms in total. The second-order valence-electron chi connectivity index (χ2n) is 5.75. The Kier molecular flexibility index (Phi) is 4.56. The summed E-state index contributed by atoms with van der Waals surface area (Å²) in [6, 6.07) is 0. The fourth-order valence-corrected chi connectivity index (χ4v) is 1.99. The summed E-state index contributed by atoms with van der Waals surface area (Å²) in [5.74, 6) is 0.416. The third kappa shape index (κ3) is 4.09. The number of nitrogens with zero attached hydrogens (tertiary/aromatic N) is 1. The van der Waals surface area contributed by atoms with E-state index in [0.717, 1.165) is 39.0 Å². The molecule has 3 N–H and O–H groups in total. The van der Waals surface area contributed by atoms with E-state index in [9.17, 15) is 5.11 Å². The summed E-state index contributed by atoms with van der Waals surface area (Å²) < 4.78 is 0. The molecular weight excluding hydrogens is 188 g/mol. The number of aliphatic hydroxyl groups excluding tert-OH is 1. The zero-order valence-electron chi connectivity index (χ0n) is 10.4. The van der Waals surface area contributed by atoms with Crippen LogP contribution in [0.4, 0.5) is 0 Å². The molecule has 3 heteroatoms. The van der Waals surface area contributed by atoms with Crippen molar-refractivity contribution >= 4 is 0 Å². The molecule has 0 aromatic heterocycles. The van der Waals surface area contributed by atoms with E-state index in [1.54, 1.807) is 0 Å². The van der Waals surface area contributed by atoms with Crippen molar-refractivity contribution in [3.05, 3.63) is 0 Å². The van der Waals surface area contributed by atoms with E-state index in [-0.39, 0.29) is 11.5 Å². The monoisotopic (exact) mass is 214 g/mol. The van der Waals surface area contributed by atoms with Crippen LogP contribution < -0.4 is 5.73 Å². The van der Waals surface area contributed by atoms with Crippen molar-refractivity contribution in [1.29, 1.82) is 0 Å². The van der Waals surface area contributed by atoms with Crippen LogP contribution in [0, 0.1) is 11.3 Å². The zero-order valence-corrected chi connectivity index (χ0v) is 10.4. The van der Waals surface area contributed by atoms with E-state index in [1.165, 1.54) is 0 Å². The largest absolute Gasteiger partial charge is 0.393 e. The summed E-state index contributed by atoms with van der Waals surface area (Å²) in [7, 11) is 0. The van der Waals surface area contributed by atoms with Crippen LogP contribution >= 0.6 is 0 Å². The second kappa shape index (κ2) is 5.28. The van der Waals surface area contributed by atoms with E-state index >= 15 is 0 Å². The molecule has 1 aliphatic heterocycles. The molecule has 2 unspecified atom stereocenters. The van der Waals surface area contributed by atoms with E-state index < -0.39 is 0 Å². The highest BCUT2D eigenvalue weighted by Gasteiger charge is 2.25. The lowest BCUT2D eigenvalue weighted by Gasteiger charge is -2.36. The molecule has 0 spiro atoms. The summed E-state index contributed by atoms with van der Waals surface area (Å²) in [4.78, 5) is 2.45. The first kappa shape index (κ1) is 12.9. The molecule has 2 atom stereocenters. The average molecular weight is 214 g/mol. The van der Waals surface area contributed by atoms with Gasteiger partial charge in [0.15, 0.2) is 0 Å². The molecule has 0 amide bonds. The number of piperidine rings is 1. The highest BCUT2D eigenvalue weighted by molar-refractivity contribution is 4.79. The summed E-state index contributed by atoms with van der Waals surface area (Å²) in [6.07, 6.45) is 1.97. The quantitative estimate of drug-likeness (QED) is 0.736. The first-order valence-corrected chi connectivity index (χ1v) is 6.05. The fourth-order valence-electron chi connectivity index (χ4n) is 1.99. The maximum absolute atomic E-state index is 9.62. The number of hydrogen-bond acceptors (Lipinski definition) is 3. The van der Waals surface area contributed by atoms with Crippen molar-refractivity contribution in [3.63, 3.8) is 0 Å². The van der Waals surface area contributed by atoms with E-state index in [4.69, 9.17) is 5.73 Å². The van der Waals surface area contributed by atoms with Crippen LogP contribution in [-0.4, -0.2) is 42.3 Å². The van der Waals surface area contributed by atoms with Gasteiger partial charge in [0, 0.05) is 13.1 Å².